The first kappa shape index (κ1) is 20.2. The first-order valence-corrected chi connectivity index (χ1v) is 9.90. The topological polar surface area (TPSA) is 89.7 Å². The Labute approximate surface area is 155 Å². The van der Waals surface area contributed by atoms with Gasteiger partial charge in [0.25, 0.3) is 0 Å². The average molecular weight is 389 g/mol. The Hall–Kier alpha value is -1.15. The fraction of sp³-hybridized carbons (Fsp3) is 0.588. The summed E-state index contributed by atoms with van der Waals surface area (Å²) in [5, 5.41) is 0. The zero-order chi connectivity index (χ0) is 17.3. The summed E-state index contributed by atoms with van der Waals surface area (Å²) in [6, 6.07) is 6.04. The van der Waals surface area contributed by atoms with E-state index in [1.165, 1.54) is 24.3 Å². The van der Waals surface area contributed by atoms with Gasteiger partial charge in [0.05, 0.1) is 17.1 Å². The summed E-state index contributed by atoms with van der Waals surface area (Å²) >= 11 is 0. The first-order chi connectivity index (χ1) is 11.4. The number of hydrogen-bond acceptors (Lipinski definition) is 5. The van der Waals surface area contributed by atoms with Gasteiger partial charge in [-0.1, -0.05) is 6.42 Å². The summed E-state index contributed by atoms with van der Waals surface area (Å²) in [4.78, 5) is 11.9. The minimum atomic E-state index is -3.55. The van der Waals surface area contributed by atoms with Crippen molar-refractivity contribution < 1.29 is 17.9 Å². The van der Waals surface area contributed by atoms with Gasteiger partial charge in [0.1, 0.15) is 0 Å². The summed E-state index contributed by atoms with van der Waals surface area (Å²) in [5.74, 6) is 0.175. The van der Waals surface area contributed by atoms with Crippen LogP contribution < -0.4 is 5.73 Å². The average Bonchev–Trinajstić information content (AvgIpc) is 3.02. The van der Waals surface area contributed by atoms with Crippen LogP contribution in [0.1, 0.15) is 36.5 Å². The molecule has 0 radical (unpaired) electrons. The smallest absolute Gasteiger partial charge is 0.338 e. The molecule has 6 nitrogen and oxygen atoms in total. The molecule has 3 rings (SSSR count). The highest BCUT2D eigenvalue weighted by atomic mass is 35.5. The first-order valence-electron chi connectivity index (χ1n) is 8.46. The van der Waals surface area contributed by atoms with Gasteiger partial charge in [-0.15, -0.1) is 12.4 Å². The number of nitrogens with two attached hydrogens (primary N) is 1. The number of ether oxygens (including phenoxy) is 1. The summed E-state index contributed by atoms with van der Waals surface area (Å²) in [5.41, 5.74) is 6.53. The fourth-order valence-corrected chi connectivity index (χ4v) is 5.33. The lowest BCUT2D eigenvalue weighted by Gasteiger charge is -2.29. The summed E-state index contributed by atoms with van der Waals surface area (Å²) in [6.45, 7) is 3.05. The van der Waals surface area contributed by atoms with Crippen LogP contribution in [0.5, 0.6) is 0 Å². The standard InChI is InChI=1S/C17H24N2O4S.ClH/c1-2-23-17(20)12-6-8-14(9-7-12)24(21,22)19-10-13-4-3-5-16(18)15(13)11-19;/h6-9,13,15-16H,2-5,10-11,18H2,1H3;1H. The van der Waals surface area contributed by atoms with Crippen LogP contribution in [-0.4, -0.2) is 44.4 Å². The van der Waals surface area contributed by atoms with Crippen LogP contribution in [0.2, 0.25) is 0 Å². The molecule has 0 spiro atoms. The van der Waals surface area contributed by atoms with E-state index in [1.54, 1.807) is 11.2 Å². The predicted molar refractivity (Wildman–Crippen MR) is 97.2 cm³/mol. The van der Waals surface area contributed by atoms with E-state index < -0.39 is 16.0 Å². The van der Waals surface area contributed by atoms with Crippen LogP contribution >= 0.6 is 12.4 Å². The van der Waals surface area contributed by atoms with Gasteiger partial charge in [-0.25, -0.2) is 13.2 Å². The molecule has 2 aliphatic rings. The Morgan fingerprint density at radius 2 is 1.92 bits per heavy atom. The number of benzene rings is 1. The van der Waals surface area contributed by atoms with E-state index in [0.29, 0.717) is 24.6 Å². The maximum atomic E-state index is 12.9. The number of rotatable bonds is 4. The molecule has 8 heteroatoms. The highest BCUT2D eigenvalue weighted by Gasteiger charge is 2.43. The third kappa shape index (κ3) is 4.00. The number of sulfonamides is 1. The van der Waals surface area contributed by atoms with Crippen LogP contribution in [0.15, 0.2) is 29.2 Å². The lowest BCUT2D eigenvalue weighted by molar-refractivity contribution is 0.0526. The van der Waals surface area contributed by atoms with Gasteiger partial charge in [0.15, 0.2) is 0 Å². The Kier molecular flexibility index (Phi) is 6.48. The molecule has 25 heavy (non-hydrogen) atoms. The van der Waals surface area contributed by atoms with Crippen LogP contribution in [-0.2, 0) is 14.8 Å². The van der Waals surface area contributed by atoms with Crippen LogP contribution in [0, 0.1) is 11.8 Å². The molecular formula is C17H25ClN2O4S. The molecule has 0 aromatic heterocycles. The Morgan fingerprint density at radius 3 is 2.52 bits per heavy atom. The van der Waals surface area contributed by atoms with E-state index >= 15 is 0 Å². The minimum Gasteiger partial charge on any atom is -0.462 e. The Bertz CT molecular complexity index is 708. The van der Waals surface area contributed by atoms with Crippen LogP contribution in [0.3, 0.4) is 0 Å². The summed E-state index contributed by atoms with van der Waals surface area (Å²) in [6.07, 6.45) is 3.10. The number of fused-ring (bicyclic) bond motifs is 1. The number of esters is 1. The van der Waals surface area contributed by atoms with Crippen molar-refractivity contribution in [2.75, 3.05) is 19.7 Å². The molecule has 0 bridgehead atoms. The largest absolute Gasteiger partial charge is 0.462 e. The number of carbonyl (C=O) groups is 1. The molecule has 1 aliphatic carbocycles. The lowest BCUT2D eigenvalue weighted by Crippen LogP contribution is -2.38. The SMILES string of the molecule is CCOC(=O)c1ccc(S(=O)(=O)N2CC3CCCC(N)C3C2)cc1.Cl. The third-order valence-electron chi connectivity index (χ3n) is 5.12. The molecule has 1 aromatic carbocycles. The van der Waals surface area contributed by atoms with E-state index in [2.05, 4.69) is 0 Å². The number of nitrogens with zero attached hydrogens (tertiary/aromatic N) is 1. The zero-order valence-electron chi connectivity index (χ0n) is 14.3. The van der Waals surface area contributed by atoms with E-state index in [1.807, 2.05) is 0 Å². The predicted octanol–water partition coefficient (Wildman–Crippen LogP) is 2.03. The van der Waals surface area contributed by atoms with E-state index in [0.717, 1.165) is 19.3 Å². The Balaban J connectivity index is 0.00000225. The molecule has 1 saturated heterocycles. The quantitative estimate of drug-likeness (QED) is 0.797. The molecule has 1 heterocycles. The second-order valence-electron chi connectivity index (χ2n) is 6.59. The van der Waals surface area contributed by atoms with Crippen molar-refractivity contribution in [2.45, 2.75) is 37.1 Å². The molecule has 2 fully saturated rings. The molecule has 3 atom stereocenters. The van der Waals surface area contributed by atoms with Crippen molar-refractivity contribution in [1.29, 1.82) is 0 Å². The van der Waals surface area contributed by atoms with Crippen LogP contribution in [0.4, 0.5) is 0 Å². The van der Waals surface area contributed by atoms with Gasteiger partial charge in [0.2, 0.25) is 10.0 Å². The molecule has 1 saturated carbocycles. The van der Waals surface area contributed by atoms with Crippen molar-refractivity contribution in [3.63, 3.8) is 0 Å². The van der Waals surface area contributed by atoms with Gasteiger partial charge in [0, 0.05) is 19.1 Å². The van der Waals surface area contributed by atoms with Gasteiger partial charge in [-0.2, -0.15) is 4.31 Å². The highest BCUT2D eigenvalue weighted by molar-refractivity contribution is 7.89. The van der Waals surface area contributed by atoms with Gasteiger partial charge >= 0.3 is 5.97 Å². The number of halogens is 1. The van der Waals surface area contributed by atoms with Crippen molar-refractivity contribution in [3.05, 3.63) is 29.8 Å². The summed E-state index contributed by atoms with van der Waals surface area (Å²) < 4.78 is 32.2. The van der Waals surface area contributed by atoms with Gasteiger partial charge < -0.3 is 10.5 Å². The van der Waals surface area contributed by atoms with Crippen molar-refractivity contribution in [2.24, 2.45) is 17.6 Å². The molecule has 1 aliphatic heterocycles. The normalized spacial score (nSPS) is 26.6. The van der Waals surface area contributed by atoms with E-state index in [-0.39, 0.29) is 35.9 Å². The fourth-order valence-electron chi connectivity index (χ4n) is 3.80. The molecule has 0 amide bonds. The zero-order valence-corrected chi connectivity index (χ0v) is 15.9. The summed E-state index contributed by atoms with van der Waals surface area (Å²) in [7, 11) is -3.55. The molecule has 140 valence electrons. The molecular weight excluding hydrogens is 364 g/mol. The molecule has 3 unspecified atom stereocenters. The highest BCUT2D eigenvalue weighted by Crippen LogP contribution is 2.37. The van der Waals surface area contributed by atoms with Crippen molar-refractivity contribution in [1.82, 2.24) is 4.31 Å². The van der Waals surface area contributed by atoms with Gasteiger partial charge in [-0.05, 0) is 55.9 Å². The van der Waals surface area contributed by atoms with E-state index in [4.69, 9.17) is 10.5 Å². The van der Waals surface area contributed by atoms with Crippen LogP contribution in [0.25, 0.3) is 0 Å². The lowest BCUT2D eigenvalue weighted by atomic mass is 9.78. The Morgan fingerprint density at radius 1 is 1.24 bits per heavy atom. The van der Waals surface area contributed by atoms with Gasteiger partial charge in [-0.3, -0.25) is 0 Å². The number of hydrogen-bond donors (Lipinski definition) is 1. The minimum absolute atomic E-state index is 0. The molecule has 2 N–H and O–H groups in total. The third-order valence-corrected chi connectivity index (χ3v) is 6.97. The second kappa shape index (κ2) is 8.03. The second-order valence-corrected chi connectivity index (χ2v) is 8.52. The van der Waals surface area contributed by atoms with Crippen molar-refractivity contribution in [3.8, 4) is 0 Å². The van der Waals surface area contributed by atoms with E-state index in [9.17, 15) is 13.2 Å². The van der Waals surface area contributed by atoms with Crippen molar-refractivity contribution >= 4 is 28.4 Å². The monoisotopic (exact) mass is 388 g/mol. The number of carbonyl (C=O) groups excluding carboxylic acids is 1. The molecule has 1 aromatic rings. The maximum Gasteiger partial charge on any atom is 0.338 e. The maximum absolute atomic E-state index is 12.9.